The first-order chi connectivity index (χ1) is 47.9. The lowest BCUT2D eigenvalue weighted by atomic mass is 9.97. The van der Waals surface area contributed by atoms with Gasteiger partial charge in [-0.25, -0.2) is 0 Å². The second-order valence-electron chi connectivity index (χ2n) is 24.3. The van der Waals surface area contributed by atoms with Crippen LogP contribution in [0.2, 0.25) is 0 Å². The first-order valence-corrected chi connectivity index (χ1v) is 32.2. The number of aliphatic imine (C=N–C) groups is 1. The standard InChI is InChI=1S/C66H82N10O25/c1-33(77)92-31-52-55(94-35(3)79)57(96-37(5)81)59(98-39(7)83)65(100-52)75-29-42(23-48(75)61(86)67-18-15-19-72(9)10)71-63(88)49-24-43(30-76(49)66-60(99-40(8)84)58(97-38(6)82)56(95-36(4)80)53(101-66)32-93-34(2)78)70-62(87)47-22-41(28-73(47)11)69-54(85)17-14-21-91-51-26-46-45(25-50(51)90-12)64(89)74-20-13-16-44(74)27-68-46/h22-30,44,52-53,55-60,65-66H,13-21,31-32H2,1-12H3,(H,67,86)(H,69,85)(H,70,87)(H,71,88)/t44-,52-,53-,55-,56-,57-,58-,59-,60-,65+,66+/m1/s1. The minimum Gasteiger partial charge on any atom is -0.493 e. The SMILES string of the molecule is COc1cc2c(cc1OCCCC(=O)Nc1cc(C(=O)Nc3cc(C(=O)Nc4cc(C(=O)NCCCN(C)C)n([C@H]5O[C@H](COC(C)=O)[C@@H](OC(C)=O)[C@@H](OC(C)=O)[C@H]5OC(C)=O)c4)n([C@H]4O[C@H](COC(C)=O)[C@@H](OC(C)=O)[C@@H](OC(C)=O)[C@H]4OC(C)=O)c3)n(C)c1)N=C[C@H]1CCCN1C2=O. The normalized spacial score (nSPS) is 22.0. The quantitative estimate of drug-likeness (QED) is 0.0359. The summed E-state index contributed by atoms with van der Waals surface area (Å²) in [6.45, 7) is 8.23. The molecular weight excluding hydrogens is 1330 g/mol. The fourth-order valence-electron chi connectivity index (χ4n) is 11.9. The summed E-state index contributed by atoms with van der Waals surface area (Å²) in [5.41, 5.74) is -0.164. The van der Waals surface area contributed by atoms with Crippen molar-refractivity contribution in [3.05, 3.63) is 71.6 Å². The van der Waals surface area contributed by atoms with Crippen molar-refractivity contribution in [1.29, 1.82) is 0 Å². The third kappa shape index (κ3) is 19.6. The van der Waals surface area contributed by atoms with Gasteiger partial charge in [-0.15, -0.1) is 0 Å². The van der Waals surface area contributed by atoms with Gasteiger partial charge in [-0.3, -0.25) is 67.3 Å². The number of methoxy groups -OCH3 is 1. The molecule has 4 aromatic rings. The lowest BCUT2D eigenvalue weighted by molar-refractivity contribution is -0.268. The van der Waals surface area contributed by atoms with Crippen LogP contribution in [0.25, 0.3) is 0 Å². The highest BCUT2D eigenvalue weighted by Crippen LogP contribution is 2.41. The van der Waals surface area contributed by atoms with E-state index in [0.717, 1.165) is 83.4 Å². The average molecular weight is 1420 g/mol. The lowest BCUT2D eigenvalue weighted by Crippen LogP contribution is -2.60. The molecule has 0 bridgehead atoms. The first-order valence-electron chi connectivity index (χ1n) is 32.2. The van der Waals surface area contributed by atoms with E-state index >= 15 is 4.79 Å². The molecule has 0 spiro atoms. The van der Waals surface area contributed by atoms with Crippen LogP contribution in [0.1, 0.15) is 142 Å². The van der Waals surface area contributed by atoms with Gasteiger partial charge in [0.15, 0.2) is 60.6 Å². The van der Waals surface area contributed by atoms with Crippen LogP contribution in [-0.2, 0) is 97.6 Å². The number of fused-ring (bicyclic) bond motifs is 2. The van der Waals surface area contributed by atoms with Crippen molar-refractivity contribution < 1.29 is 119 Å². The zero-order valence-corrected chi connectivity index (χ0v) is 57.7. The number of benzene rings is 1. The highest BCUT2D eigenvalue weighted by atomic mass is 16.7. The van der Waals surface area contributed by atoms with Crippen LogP contribution in [0.5, 0.6) is 11.5 Å². The van der Waals surface area contributed by atoms with Crippen molar-refractivity contribution in [1.82, 2.24) is 28.8 Å². The Hall–Kier alpha value is -10.7. The first kappa shape index (κ1) is 76.1. The summed E-state index contributed by atoms with van der Waals surface area (Å²) in [6.07, 6.45) is -9.05. The second kappa shape index (κ2) is 33.9. The van der Waals surface area contributed by atoms with Crippen molar-refractivity contribution in [2.24, 2.45) is 12.0 Å². The van der Waals surface area contributed by atoms with E-state index in [2.05, 4.69) is 26.3 Å². The molecule has 7 heterocycles. The third-order valence-electron chi connectivity index (χ3n) is 16.0. The number of carbonyl (C=O) groups is 13. The fraction of sp³-hybridized carbons (Fsp3) is 0.515. The average Bonchev–Trinajstić information content (AvgIpc) is 1.73. The molecule has 35 nitrogen and oxygen atoms in total. The number of hydrogen-bond acceptors (Lipinski definition) is 27. The number of aromatic nitrogens is 3. The molecule has 1 aromatic carbocycles. The summed E-state index contributed by atoms with van der Waals surface area (Å²) >= 11 is 0. The number of nitrogens with one attached hydrogen (secondary N) is 4. The van der Waals surface area contributed by atoms with E-state index in [-0.39, 0.29) is 66.4 Å². The summed E-state index contributed by atoms with van der Waals surface area (Å²) in [5, 5.41) is 11.0. The monoisotopic (exact) mass is 1410 g/mol. The topological polar surface area (TPSA) is 414 Å². The number of rotatable bonds is 28. The molecule has 4 aliphatic rings. The Labute approximate surface area is 578 Å². The molecule has 3 saturated heterocycles. The number of aryl methyl sites for hydroxylation is 1. The van der Waals surface area contributed by atoms with E-state index in [0.29, 0.717) is 42.3 Å². The molecule has 0 radical (unpaired) electrons. The molecular formula is C66H82N10O25. The summed E-state index contributed by atoms with van der Waals surface area (Å²) in [4.78, 5) is 181. The van der Waals surface area contributed by atoms with Gasteiger partial charge in [0, 0.05) is 113 Å². The Morgan fingerprint density at radius 1 is 0.564 bits per heavy atom. The van der Waals surface area contributed by atoms with Gasteiger partial charge < -0.3 is 102 Å². The predicted octanol–water partition coefficient (Wildman–Crippen LogP) is 3.45. The largest absolute Gasteiger partial charge is 0.493 e. The molecule has 35 heteroatoms. The maximum Gasteiger partial charge on any atom is 0.303 e. The van der Waals surface area contributed by atoms with Crippen LogP contribution < -0.4 is 30.7 Å². The van der Waals surface area contributed by atoms with Crippen molar-refractivity contribution in [2.45, 2.75) is 155 Å². The van der Waals surface area contributed by atoms with Crippen LogP contribution in [0.3, 0.4) is 0 Å². The Morgan fingerprint density at radius 2 is 1.04 bits per heavy atom. The predicted molar refractivity (Wildman–Crippen MR) is 349 cm³/mol. The van der Waals surface area contributed by atoms with E-state index in [1.165, 1.54) is 49.4 Å². The van der Waals surface area contributed by atoms with Gasteiger partial charge in [-0.2, -0.15) is 0 Å². The number of amides is 5. The molecule has 3 fully saturated rings. The number of esters is 8. The molecule has 0 unspecified atom stereocenters. The van der Waals surface area contributed by atoms with E-state index < -0.39 is 152 Å². The maximum absolute atomic E-state index is 15.4. The second-order valence-corrected chi connectivity index (χ2v) is 24.3. The highest BCUT2D eigenvalue weighted by Gasteiger charge is 2.55. The molecule has 546 valence electrons. The number of ether oxygens (including phenoxy) is 12. The summed E-state index contributed by atoms with van der Waals surface area (Å²) in [6, 6.07) is 6.82. The van der Waals surface area contributed by atoms with Crippen molar-refractivity contribution in [3.63, 3.8) is 0 Å². The Kier molecular flexibility index (Phi) is 25.6. The molecule has 101 heavy (non-hydrogen) atoms. The molecule has 4 aliphatic heterocycles. The molecule has 5 amide bonds. The van der Waals surface area contributed by atoms with E-state index in [4.69, 9.17) is 56.8 Å². The summed E-state index contributed by atoms with van der Waals surface area (Å²) in [7, 11) is 6.60. The number of carbonyl (C=O) groups excluding carboxylic acids is 13. The third-order valence-corrected chi connectivity index (χ3v) is 16.0. The van der Waals surface area contributed by atoms with Gasteiger partial charge in [0.2, 0.25) is 5.91 Å². The van der Waals surface area contributed by atoms with Crippen molar-refractivity contribution >= 4 is 106 Å². The zero-order valence-electron chi connectivity index (χ0n) is 57.7. The van der Waals surface area contributed by atoms with E-state index in [1.54, 1.807) is 23.2 Å². The molecule has 0 saturated carbocycles. The van der Waals surface area contributed by atoms with Crippen LogP contribution in [0.15, 0.2) is 53.9 Å². The minimum absolute atomic E-state index is 0.0392. The van der Waals surface area contributed by atoms with Crippen molar-refractivity contribution in [3.8, 4) is 11.5 Å². The summed E-state index contributed by atoms with van der Waals surface area (Å²) < 4.78 is 72.8. The Balaban J connectivity index is 1.14. The number of hydrogen-bond donors (Lipinski definition) is 4. The molecule has 0 aliphatic carbocycles. The maximum atomic E-state index is 15.4. The van der Waals surface area contributed by atoms with Crippen LogP contribution in [-0.4, -0.2) is 223 Å². The molecule has 3 aromatic heterocycles. The van der Waals surface area contributed by atoms with Gasteiger partial charge in [-0.05, 0) is 70.6 Å². The van der Waals surface area contributed by atoms with Gasteiger partial charge in [0.25, 0.3) is 23.6 Å². The number of anilines is 3. The van der Waals surface area contributed by atoms with Crippen molar-refractivity contribution in [2.75, 3.05) is 76.6 Å². The molecule has 8 rings (SSSR count). The van der Waals surface area contributed by atoms with E-state index in [1.807, 2.05) is 19.0 Å². The minimum atomic E-state index is -1.83. The number of nitrogens with zero attached hydrogens (tertiary/aromatic N) is 6. The summed E-state index contributed by atoms with van der Waals surface area (Å²) in [5.74, 6) is -10.1. The van der Waals surface area contributed by atoms with Gasteiger partial charge >= 0.3 is 47.8 Å². The molecule has 4 N–H and O–H groups in total. The Morgan fingerprint density at radius 3 is 1.53 bits per heavy atom. The van der Waals surface area contributed by atoms with Gasteiger partial charge in [0.05, 0.1) is 48.1 Å². The Bertz CT molecular complexity index is 3850. The lowest BCUT2D eigenvalue weighted by Gasteiger charge is -2.45. The van der Waals surface area contributed by atoms with Gasteiger partial charge in [-0.1, -0.05) is 0 Å². The highest BCUT2D eigenvalue weighted by molar-refractivity contribution is 6.08. The van der Waals surface area contributed by atoms with Gasteiger partial charge in [0.1, 0.15) is 42.5 Å². The molecule has 11 atom stereocenters. The smallest absolute Gasteiger partial charge is 0.303 e. The fourth-order valence-corrected chi connectivity index (χ4v) is 11.9. The van der Waals surface area contributed by atoms with Crippen LogP contribution >= 0.6 is 0 Å². The van der Waals surface area contributed by atoms with E-state index in [9.17, 15) is 57.5 Å². The van der Waals surface area contributed by atoms with Crippen LogP contribution in [0, 0.1) is 0 Å². The zero-order chi connectivity index (χ0) is 73.7. The van der Waals surface area contributed by atoms with Crippen LogP contribution in [0.4, 0.5) is 22.7 Å².